The number of urea groups is 1. The van der Waals surface area contributed by atoms with E-state index in [0.717, 1.165) is 6.54 Å². The molecule has 18 heavy (non-hydrogen) atoms. The van der Waals surface area contributed by atoms with E-state index in [2.05, 4.69) is 10.6 Å². The Balaban J connectivity index is 1.54. The van der Waals surface area contributed by atoms with Gasteiger partial charge in [-0.25, -0.2) is 9.18 Å². The summed E-state index contributed by atoms with van der Waals surface area (Å²) in [5.41, 5.74) is 0. The van der Waals surface area contributed by atoms with E-state index in [4.69, 9.17) is 4.74 Å². The molecule has 0 heterocycles. The van der Waals surface area contributed by atoms with Gasteiger partial charge in [-0.2, -0.15) is 0 Å². The summed E-state index contributed by atoms with van der Waals surface area (Å²) >= 11 is 0. The molecule has 5 heteroatoms. The van der Waals surface area contributed by atoms with Crippen LogP contribution >= 0.6 is 0 Å². The Morgan fingerprint density at radius 2 is 2.00 bits per heavy atom. The van der Waals surface area contributed by atoms with Gasteiger partial charge in [-0.1, -0.05) is 0 Å². The van der Waals surface area contributed by atoms with Crippen molar-refractivity contribution in [2.45, 2.75) is 12.8 Å². The zero-order chi connectivity index (χ0) is 12.8. The van der Waals surface area contributed by atoms with Crippen molar-refractivity contribution in [1.29, 1.82) is 0 Å². The van der Waals surface area contributed by atoms with E-state index in [9.17, 15) is 9.18 Å². The first-order valence-corrected chi connectivity index (χ1v) is 6.14. The van der Waals surface area contributed by atoms with Crippen molar-refractivity contribution in [3.8, 4) is 5.75 Å². The highest BCUT2D eigenvalue weighted by Gasteiger charge is 2.21. The molecule has 0 atom stereocenters. The van der Waals surface area contributed by atoms with Gasteiger partial charge in [0, 0.05) is 6.54 Å². The van der Waals surface area contributed by atoms with E-state index < -0.39 is 0 Å². The predicted molar refractivity (Wildman–Crippen MR) is 66.0 cm³/mol. The highest BCUT2D eigenvalue weighted by atomic mass is 19.1. The smallest absolute Gasteiger partial charge is 0.314 e. The van der Waals surface area contributed by atoms with Crippen LogP contribution in [-0.4, -0.2) is 25.7 Å². The fourth-order valence-electron chi connectivity index (χ4n) is 1.49. The Kier molecular flexibility index (Phi) is 4.39. The summed E-state index contributed by atoms with van der Waals surface area (Å²) in [6, 6.07) is 5.63. The summed E-state index contributed by atoms with van der Waals surface area (Å²) in [6.45, 7) is 1.54. The summed E-state index contributed by atoms with van der Waals surface area (Å²) in [6.07, 6.45) is 2.43. The molecule has 2 rings (SSSR count). The minimum absolute atomic E-state index is 0.162. The molecule has 0 bridgehead atoms. The maximum atomic E-state index is 12.6. The largest absolute Gasteiger partial charge is 0.492 e. The highest BCUT2D eigenvalue weighted by Crippen LogP contribution is 2.27. The lowest BCUT2D eigenvalue weighted by Gasteiger charge is -2.08. The molecule has 4 nitrogen and oxygen atoms in total. The number of carbonyl (C=O) groups is 1. The number of ether oxygens (including phenoxy) is 1. The molecule has 0 saturated heterocycles. The average Bonchev–Trinajstić information content (AvgIpc) is 3.18. The standard InChI is InChI=1S/C13H17FN2O2/c14-11-3-5-12(6-4-11)18-8-7-15-13(17)16-9-10-1-2-10/h3-6,10H,1-2,7-9H2,(H2,15,16,17). The van der Waals surface area contributed by atoms with Gasteiger partial charge in [0.2, 0.25) is 0 Å². The minimum atomic E-state index is -0.292. The molecule has 1 saturated carbocycles. The number of hydrogen-bond donors (Lipinski definition) is 2. The van der Waals surface area contributed by atoms with Gasteiger partial charge >= 0.3 is 6.03 Å². The summed E-state index contributed by atoms with van der Waals surface area (Å²) in [5.74, 6) is 0.975. The van der Waals surface area contributed by atoms with Crippen molar-refractivity contribution < 1.29 is 13.9 Å². The molecule has 0 aromatic heterocycles. The summed E-state index contributed by atoms with van der Waals surface area (Å²) < 4.78 is 18.0. The number of amides is 2. The predicted octanol–water partition coefficient (Wildman–Crippen LogP) is 1.91. The van der Waals surface area contributed by atoms with E-state index in [1.165, 1.54) is 25.0 Å². The second-order valence-corrected chi connectivity index (χ2v) is 4.38. The van der Waals surface area contributed by atoms with Crippen molar-refractivity contribution in [1.82, 2.24) is 10.6 Å². The van der Waals surface area contributed by atoms with Gasteiger partial charge in [0.25, 0.3) is 0 Å². The van der Waals surface area contributed by atoms with Crippen LogP contribution in [0.4, 0.5) is 9.18 Å². The Labute approximate surface area is 106 Å². The molecule has 0 radical (unpaired) electrons. The summed E-state index contributed by atoms with van der Waals surface area (Å²) in [4.78, 5) is 11.3. The lowest BCUT2D eigenvalue weighted by atomic mass is 10.3. The molecule has 2 amide bonds. The number of carbonyl (C=O) groups excluding carboxylic acids is 1. The zero-order valence-electron chi connectivity index (χ0n) is 10.1. The SMILES string of the molecule is O=C(NCCOc1ccc(F)cc1)NCC1CC1. The van der Waals surface area contributed by atoms with Gasteiger partial charge in [0.1, 0.15) is 18.2 Å². The van der Waals surface area contributed by atoms with Gasteiger partial charge in [-0.3, -0.25) is 0 Å². The van der Waals surface area contributed by atoms with E-state index >= 15 is 0 Å². The normalized spacial score (nSPS) is 14.1. The molecule has 1 aromatic carbocycles. The molecule has 98 valence electrons. The average molecular weight is 252 g/mol. The molecule has 0 unspecified atom stereocenters. The number of halogens is 1. The maximum Gasteiger partial charge on any atom is 0.314 e. The molecule has 1 aliphatic carbocycles. The molecule has 1 aromatic rings. The topological polar surface area (TPSA) is 50.4 Å². The van der Waals surface area contributed by atoms with Crippen molar-refractivity contribution >= 4 is 6.03 Å². The van der Waals surface area contributed by atoms with Crippen LogP contribution in [0.3, 0.4) is 0 Å². The fourth-order valence-corrected chi connectivity index (χ4v) is 1.49. The first-order chi connectivity index (χ1) is 8.74. The van der Waals surface area contributed by atoms with Gasteiger partial charge in [-0.15, -0.1) is 0 Å². The highest BCUT2D eigenvalue weighted by molar-refractivity contribution is 5.73. The van der Waals surface area contributed by atoms with Crippen LogP contribution in [0.2, 0.25) is 0 Å². The number of nitrogens with one attached hydrogen (secondary N) is 2. The second kappa shape index (κ2) is 6.23. The molecule has 2 N–H and O–H groups in total. The molecule has 1 aliphatic rings. The third-order valence-corrected chi connectivity index (χ3v) is 2.72. The van der Waals surface area contributed by atoms with E-state index in [1.54, 1.807) is 12.1 Å². The van der Waals surface area contributed by atoms with Crippen LogP contribution in [0, 0.1) is 11.7 Å². The van der Waals surface area contributed by atoms with Crippen molar-refractivity contribution in [2.24, 2.45) is 5.92 Å². The zero-order valence-corrected chi connectivity index (χ0v) is 10.1. The molecular formula is C13H17FN2O2. The fraction of sp³-hybridized carbons (Fsp3) is 0.462. The first-order valence-electron chi connectivity index (χ1n) is 6.14. The number of benzene rings is 1. The Bertz CT molecular complexity index is 390. The van der Waals surface area contributed by atoms with Crippen LogP contribution in [-0.2, 0) is 0 Å². The van der Waals surface area contributed by atoms with Crippen LogP contribution in [0.15, 0.2) is 24.3 Å². The molecule has 0 spiro atoms. The van der Waals surface area contributed by atoms with Crippen molar-refractivity contribution in [3.63, 3.8) is 0 Å². The van der Waals surface area contributed by atoms with Crippen LogP contribution in [0.5, 0.6) is 5.75 Å². The molecular weight excluding hydrogens is 235 g/mol. The van der Waals surface area contributed by atoms with Crippen LogP contribution in [0.25, 0.3) is 0 Å². The van der Waals surface area contributed by atoms with Crippen molar-refractivity contribution in [2.75, 3.05) is 19.7 Å². The van der Waals surface area contributed by atoms with Gasteiger partial charge in [-0.05, 0) is 43.0 Å². The first kappa shape index (κ1) is 12.7. The lowest BCUT2D eigenvalue weighted by Crippen LogP contribution is -2.38. The number of rotatable bonds is 6. The van der Waals surface area contributed by atoms with Gasteiger partial charge in [0.15, 0.2) is 0 Å². The monoisotopic (exact) mass is 252 g/mol. The third kappa shape index (κ3) is 4.61. The lowest BCUT2D eigenvalue weighted by molar-refractivity contribution is 0.236. The summed E-state index contributed by atoms with van der Waals surface area (Å²) in [7, 11) is 0. The Morgan fingerprint density at radius 3 is 2.67 bits per heavy atom. The van der Waals surface area contributed by atoms with E-state index in [-0.39, 0.29) is 11.8 Å². The minimum Gasteiger partial charge on any atom is -0.492 e. The quantitative estimate of drug-likeness (QED) is 0.760. The number of hydrogen-bond acceptors (Lipinski definition) is 2. The summed E-state index contributed by atoms with van der Waals surface area (Å²) in [5, 5.41) is 5.49. The van der Waals surface area contributed by atoms with Gasteiger partial charge < -0.3 is 15.4 Å². The van der Waals surface area contributed by atoms with Gasteiger partial charge in [0.05, 0.1) is 6.54 Å². The molecule has 1 fully saturated rings. The Hall–Kier alpha value is -1.78. The Morgan fingerprint density at radius 1 is 1.28 bits per heavy atom. The molecule has 0 aliphatic heterocycles. The van der Waals surface area contributed by atoms with E-state index in [0.29, 0.717) is 24.8 Å². The maximum absolute atomic E-state index is 12.6. The van der Waals surface area contributed by atoms with Crippen LogP contribution < -0.4 is 15.4 Å². The van der Waals surface area contributed by atoms with Crippen LogP contribution in [0.1, 0.15) is 12.8 Å². The van der Waals surface area contributed by atoms with E-state index in [1.807, 2.05) is 0 Å². The third-order valence-electron chi connectivity index (χ3n) is 2.72. The van der Waals surface area contributed by atoms with Crippen molar-refractivity contribution in [3.05, 3.63) is 30.1 Å². The second-order valence-electron chi connectivity index (χ2n) is 4.38.